The lowest BCUT2D eigenvalue weighted by atomic mass is 10.2. The lowest BCUT2D eigenvalue weighted by Gasteiger charge is -2.20. The number of anilines is 1. The smallest absolute Gasteiger partial charge is 0.254 e. The van der Waals surface area contributed by atoms with Crippen molar-refractivity contribution in [2.75, 3.05) is 17.8 Å². The molecule has 0 aromatic carbocycles. The highest BCUT2D eigenvalue weighted by molar-refractivity contribution is 7.90. The Hall–Kier alpha value is -1.14. The summed E-state index contributed by atoms with van der Waals surface area (Å²) >= 11 is 0. The van der Waals surface area contributed by atoms with Crippen LogP contribution in [0.2, 0.25) is 0 Å². The molecule has 0 atom stereocenters. The van der Waals surface area contributed by atoms with E-state index in [2.05, 4.69) is 9.71 Å². The van der Waals surface area contributed by atoms with Gasteiger partial charge in [-0.3, -0.25) is 4.72 Å². The summed E-state index contributed by atoms with van der Waals surface area (Å²) in [5.74, 6) is 0.388. The van der Waals surface area contributed by atoms with Crippen LogP contribution in [0.5, 0.6) is 0 Å². The summed E-state index contributed by atoms with van der Waals surface area (Å²) in [6.07, 6.45) is 5.68. The quantitative estimate of drug-likeness (QED) is 0.912. The molecule has 0 saturated carbocycles. The lowest BCUT2D eigenvalue weighted by Crippen LogP contribution is -2.36. The molecule has 1 fully saturated rings. The van der Waals surface area contributed by atoms with Crippen LogP contribution < -0.4 is 4.72 Å². The van der Waals surface area contributed by atoms with Gasteiger partial charge in [-0.1, -0.05) is 12.8 Å². The molecular formula is C12H19N3O2S. The first-order valence-corrected chi connectivity index (χ1v) is 7.72. The summed E-state index contributed by atoms with van der Waals surface area (Å²) in [5, 5.41) is 0. The summed E-state index contributed by atoms with van der Waals surface area (Å²) in [6, 6.07) is 3.57. The van der Waals surface area contributed by atoms with E-state index in [0.29, 0.717) is 18.9 Å². The third-order valence-electron chi connectivity index (χ3n) is 3.05. The highest BCUT2D eigenvalue weighted by Gasteiger charge is 2.23. The fourth-order valence-electron chi connectivity index (χ4n) is 2.07. The van der Waals surface area contributed by atoms with E-state index < -0.39 is 10.2 Å². The van der Waals surface area contributed by atoms with Gasteiger partial charge in [-0.05, 0) is 37.5 Å². The topological polar surface area (TPSA) is 62.3 Å². The predicted octanol–water partition coefficient (Wildman–Crippen LogP) is 1.92. The van der Waals surface area contributed by atoms with E-state index >= 15 is 0 Å². The van der Waals surface area contributed by atoms with Crippen LogP contribution in [0, 0.1) is 6.92 Å². The third kappa shape index (κ3) is 3.43. The van der Waals surface area contributed by atoms with Gasteiger partial charge in [0, 0.05) is 19.3 Å². The molecule has 5 nitrogen and oxygen atoms in total. The Morgan fingerprint density at radius 2 is 1.89 bits per heavy atom. The Kier molecular flexibility index (Phi) is 4.19. The van der Waals surface area contributed by atoms with Crippen molar-refractivity contribution < 1.29 is 8.42 Å². The number of nitrogens with zero attached hydrogens (tertiary/aromatic N) is 2. The van der Waals surface area contributed by atoms with E-state index in [1.165, 1.54) is 4.31 Å². The van der Waals surface area contributed by atoms with Gasteiger partial charge in [0.2, 0.25) is 0 Å². The minimum absolute atomic E-state index is 0.388. The highest BCUT2D eigenvalue weighted by atomic mass is 32.2. The maximum absolute atomic E-state index is 12.2. The fourth-order valence-corrected chi connectivity index (χ4v) is 3.31. The van der Waals surface area contributed by atoms with Crippen molar-refractivity contribution in [2.24, 2.45) is 0 Å². The van der Waals surface area contributed by atoms with E-state index in [1.807, 2.05) is 13.0 Å². The molecule has 0 spiro atoms. The number of nitrogens with one attached hydrogen (secondary N) is 1. The zero-order valence-electron chi connectivity index (χ0n) is 10.6. The number of hydrogen-bond acceptors (Lipinski definition) is 3. The molecule has 1 saturated heterocycles. The van der Waals surface area contributed by atoms with Gasteiger partial charge in [-0.2, -0.15) is 12.7 Å². The minimum Gasteiger partial charge on any atom is -0.254 e. The second-order valence-corrected chi connectivity index (χ2v) is 6.31. The molecule has 0 aliphatic carbocycles. The highest BCUT2D eigenvalue weighted by Crippen LogP contribution is 2.15. The first kappa shape index (κ1) is 13.3. The summed E-state index contributed by atoms with van der Waals surface area (Å²) in [5.41, 5.74) is 0.985. The number of hydrogen-bond donors (Lipinski definition) is 1. The maximum Gasteiger partial charge on any atom is 0.302 e. The summed E-state index contributed by atoms with van der Waals surface area (Å²) in [6.45, 7) is 3.10. The molecule has 18 heavy (non-hydrogen) atoms. The van der Waals surface area contributed by atoms with Gasteiger partial charge in [-0.25, -0.2) is 4.98 Å². The molecule has 100 valence electrons. The molecule has 6 heteroatoms. The minimum atomic E-state index is -3.46. The lowest BCUT2D eigenvalue weighted by molar-refractivity contribution is 0.427. The fraction of sp³-hybridized carbons (Fsp3) is 0.583. The Bertz CT molecular complexity index is 494. The van der Waals surface area contributed by atoms with Gasteiger partial charge in [0.1, 0.15) is 5.82 Å². The van der Waals surface area contributed by atoms with Crippen molar-refractivity contribution in [2.45, 2.75) is 32.6 Å². The SMILES string of the molecule is Cc1ccnc(NS(=O)(=O)N2CCCCCC2)c1. The molecular weight excluding hydrogens is 250 g/mol. The molecule has 0 unspecified atom stereocenters. The van der Waals surface area contributed by atoms with Crippen molar-refractivity contribution in [1.29, 1.82) is 0 Å². The van der Waals surface area contributed by atoms with Crippen LogP contribution in [0.3, 0.4) is 0 Å². The summed E-state index contributed by atoms with van der Waals surface area (Å²) in [4.78, 5) is 4.03. The van der Waals surface area contributed by atoms with Gasteiger partial charge in [-0.15, -0.1) is 0 Å². The van der Waals surface area contributed by atoms with Crippen LogP contribution in [0.1, 0.15) is 31.2 Å². The van der Waals surface area contributed by atoms with Crippen molar-refractivity contribution in [1.82, 2.24) is 9.29 Å². The van der Waals surface area contributed by atoms with E-state index in [9.17, 15) is 8.42 Å². The standard InChI is InChI=1S/C12H19N3O2S/c1-11-6-7-13-12(10-11)14-18(16,17)15-8-4-2-3-5-9-15/h6-7,10H,2-5,8-9H2,1H3,(H,13,14). The molecule has 0 amide bonds. The molecule has 0 bridgehead atoms. The first-order chi connectivity index (χ1) is 8.58. The molecule has 1 aliphatic rings. The van der Waals surface area contributed by atoms with Crippen molar-refractivity contribution >= 4 is 16.0 Å². The van der Waals surface area contributed by atoms with Gasteiger partial charge < -0.3 is 0 Å². The Morgan fingerprint density at radius 3 is 2.50 bits per heavy atom. The van der Waals surface area contributed by atoms with Crippen LogP contribution in [-0.2, 0) is 10.2 Å². The van der Waals surface area contributed by atoms with Crippen LogP contribution in [0.15, 0.2) is 18.3 Å². The molecule has 1 N–H and O–H groups in total. The average molecular weight is 269 g/mol. The van der Waals surface area contributed by atoms with Gasteiger partial charge in [0.05, 0.1) is 0 Å². The predicted molar refractivity (Wildman–Crippen MR) is 71.6 cm³/mol. The molecule has 2 heterocycles. The monoisotopic (exact) mass is 269 g/mol. The van der Waals surface area contributed by atoms with E-state index in [0.717, 1.165) is 31.2 Å². The van der Waals surface area contributed by atoms with Crippen molar-refractivity contribution in [3.05, 3.63) is 23.9 Å². The zero-order chi connectivity index (χ0) is 13.0. The van der Waals surface area contributed by atoms with E-state index in [1.54, 1.807) is 12.3 Å². The van der Waals surface area contributed by atoms with Gasteiger partial charge in [0.25, 0.3) is 0 Å². The second-order valence-electron chi connectivity index (χ2n) is 4.64. The Labute approximate surface area is 108 Å². The maximum atomic E-state index is 12.2. The second kappa shape index (κ2) is 5.67. The van der Waals surface area contributed by atoms with Crippen molar-refractivity contribution in [3.63, 3.8) is 0 Å². The molecule has 2 rings (SSSR count). The molecule has 1 aliphatic heterocycles. The zero-order valence-corrected chi connectivity index (χ0v) is 11.4. The largest absolute Gasteiger partial charge is 0.302 e. The number of aromatic nitrogens is 1. The molecule has 1 aromatic heterocycles. The Morgan fingerprint density at radius 1 is 1.22 bits per heavy atom. The number of aryl methyl sites for hydroxylation is 1. The first-order valence-electron chi connectivity index (χ1n) is 6.28. The van der Waals surface area contributed by atoms with Gasteiger partial charge >= 0.3 is 10.2 Å². The summed E-state index contributed by atoms with van der Waals surface area (Å²) in [7, 11) is -3.46. The average Bonchev–Trinajstić information content (AvgIpc) is 2.57. The number of rotatable bonds is 3. The third-order valence-corrected chi connectivity index (χ3v) is 4.57. The Balaban J connectivity index is 2.10. The molecule has 0 radical (unpaired) electrons. The van der Waals surface area contributed by atoms with Gasteiger partial charge in [0.15, 0.2) is 0 Å². The van der Waals surface area contributed by atoms with Crippen LogP contribution >= 0.6 is 0 Å². The van der Waals surface area contributed by atoms with E-state index in [-0.39, 0.29) is 0 Å². The molecule has 1 aromatic rings. The normalized spacial score (nSPS) is 18.3. The van der Waals surface area contributed by atoms with Crippen LogP contribution in [0.4, 0.5) is 5.82 Å². The van der Waals surface area contributed by atoms with Crippen molar-refractivity contribution in [3.8, 4) is 0 Å². The van der Waals surface area contributed by atoms with Crippen LogP contribution in [-0.4, -0.2) is 30.8 Å². The van der Waals surface area contributed by atoms with Crippen LogP contribution in [0.25, 0.3) is 0 Å². The number of pyridine rings is 1. The summed E-state index contributed by atoms with van der Waals surface area (Å²) < 4.78 is 28.4. The van der Waals surface area contributed by atoms with E-state index in [4.69, 9.17) is 0 Å².